The molecule has 1 aromatic carbocycles. The van der Waals surface area contributed by atoms with Crippen LogP contribution in [0.2, 0.25) is 0 Å². The number of nitrogens with one attached hydrogen (secondary N) is 2. The van der Waals surface area contributed by atoms with Gasteiger partial charge in [-0.15, -0.1) is 24.0 Å². The maximum Gasteiger partial charge on any atom is 0.251 e. The van der Waals surface area contributed by atoms with E-state index in [0.717, 1.165) is 31.0 Å². The molecule has 1 aliphatic rings. The number of nitrogens with zero attached hydrogens (tertiary/aromatic N) is 2. The fourth-order valence-electron chi connectivity index (χ4n) is 3.03. The number of hydrogen-bond donors (Lipinski definition) is 2. The standard InChI is InChI=1S/C19H30N4O.HI/c1-18(2)13-23(19(18,3)4)17(21-6)22-11-10-14-8-7-9-15(12-14)16(24)20-5;/h7-9,12H,10-11,13H2,1-6H3,(H,20,24)(H,21,22);1H. The van der Waals surface area contributed by atoms with Crippen molar-refractivity contribution in [3.05, 3.63) is 35.4 Å². The summed E-state index contributed by atoms with van der Waals surface area (Å²) in [6.45, 7) is 10.9. The van der Waals surface area contributed by atoms with E-state index in [1.165, 1.54) is 0 Å². The average Bonchev–Trinajstić information content (AvgIpc) is 2.56. The highest BCUT2D eigenvalue weighted by Gasteiger charge is 2.53. The van der Waals surface area contributed by atoms with Gasteiger partial charge in [0.05, 0.1) is 0 Å². The van der Waals surface area contributed by atoms with Crippen LogP contribution in [0.25, 0.3) is 0 Å². The summed E-state index contributed by atoms with van der Waals surface area (Å²) in [6, 6.07) is 7.75. The summed E-state index contributed by atoms with van der Waals surface area (Å²) in [4.78, 5) is 18.5. The van der Waals surface area contributed by atoms with Gasteiger partial charge in [0.1, 0.15) is 0 Å². The lowest BCUT2D eigenvalue weighted by Gasteiger charge is -2.62. The Morgan fingerprint density at radius 1 is 1.28 bits per heavy atom. The van der Waals surface area contributed by atoms with Gasteiger partial charge in [-0.05, 0) is 38.0 Å². The second kappa shape index (κ2) is 8.38. The van der Waals surface area contributed by atoms with E-state index in [2.05, 4.69) is 48.2 Å². The molecule has 140 valence electrons. The van der Waals surface area contributed by atoms with Crippen LogP contribution in [0.5, 0.6) is 0 Å². The van der Waals surface area contributed by atoms with Crippen molar-refractivity contribution in [3.8, 4) is 0 Å². The largest absolute Gasteiger partial charge is 0.356 e. The summed E-state index contributed by atoms with van der Waals surface area (Å²) in [5.41, 5.74) is 2.22. The first-order chi connectivity index (χ1) is 11.2. The maximum atomic E-state index is 11.7. The number of carbonyl (C=O) groups excluding carboxylic acids is 1. The lowest BCUT2D eigenvalue weighted by Crippen LogP contribution is -2.72. The molecule has 1 aliphatic heterocycles. The zero-order chi connectivity index (χ0) is 18.0. The Morgan fingerprint density at radius 3 is 2.48 bits per heavy atom. The lowest BCUT2D eigenvalue weighted by atomic mass is 9.65. The van der Waals surface area contributed by atoms with Crippen molar-refractivity contribution in [2.24, 2.45) is 10.4 Å². The Labute approximate surface area is 168 Å². The monoisotopic (exact) mass is 458 g/mol. The van der Waals surface area contributed by atoms with Crippen molar-refractivity contribution >= 4 is 35.8 Å². The topological polar surface area (TPSA) is 56.7 Å². The zero-order valence-electron chi connectivity index (χ0n) is 16.1. The molecule has 5 nitrogen and oxygen atoms in total. The van der Waals surface area contributed by atoms with Crippen molar-refractivity contribution in [1.29, 1.82) is 0 Å². The molecule has 0 unspecified atom stereocenters. The van der Waals surface area contributed by atoms with Crippen LogP contribution < -0.4 is 10.6 Å². The summed E-state index contributed by atoms with van der Waals surface area (Å²) in [5.74, 6) is 0.895. The quantitative estimate of drug-likeness (QED) is 0.415. The first-order valence-corrected chi connectivity index (χ1v) is 8.52. The first-order valence-electron chi connectivity index (χ1n) is 8.52. The Hall–Kier alpha value is -1.31. The third kappa shape index (κ3) is 4.46. The van der Waals surface area contributed by atoms with Gasteiger partial charge in [0.2, 0.25) is 0 Å². The molecule has 0 atom stereocenters. The zero-order valence-corrected chi connectivity index (χ0v) is 18.5. The van der Waals surface area contributed by atoms with Crippen molar-refractivity contribution in [2.45, 2.75) is 39.7 Å². The highest BCUT2D eigenvalue weighted by atomic mass is 127. The van der Waals surface area contributed by atoms with E-state index in [1.807, 2.05) is 31.3 Å². The molecule has 0 spiro atoms. The van der Waals surface area contributed by atoms with Crippen LogP contribution in [0, 0.1) is 5.41 Å². The van der Waals surface area contributed by atoms with Crippen LogP contribution in [-0.4, -0.2) is 49.5 Å². The van der Waals surface area contributed by atoms with E-state index in [1.54, 1.807) is 7.05 Å². The molecule has 1 fully saturated rings. The van der Waals surface area contributed by atoms with E-state index in [4.69, 9.17) is 0 Å². The van der Waals surface area contributed by atoms with E-state index < -0.39 is 0 Å². The van der Waals surface area contributed by atoms with Gasteiger partial charge in [-0.2, -0.15) is 0 Å². The number of carbonyl (C=O) groups is 1. The van der Waals surface area contributed by atoms with E-state index in [0.29, 0.717) is 5.56 Å². The molecule has 1 amide bonds. The van der Waals surface area contributed by atoms with Gasteiger partial charge < -0.3 is 15.5 Å². The predicted molar refractivity (Wildman–Crippen MR) is 115 cm³/mol. The molecule has 1 aromatic rings. The molecule has 0 aromatic heterocycles. The summed E-state index contributed by atoms with van der Waals surface area (Å²) < 4.78 is 0. The average molecular weight is 458 g/mol. The van der Waals surface area contributed by atoms with Crippen molar-refractivity contribution in [1.82, 2.24) is 15.5 Å². The van der Waals surface area contributed by atoms with Crippen LogP contribution in [0.3, 0.4) is 0 Å². The van der Waals surface area contributed by atoms with Crippen LogP contribution in [0.4, 0.5) is 0 Å². The number of hydrogen-bond acceptors (Lipinski definition) is 2. The second-order valence-electron chi connectivity index (χ2n) is 7.53. The minimum absolute atomic E-state index is 0. The van der Waals surface area contributed by atoms with E-state index in [9.17, 15) is 4.79 Å². The first kappa shape index (κ1) is 21.7. The molecular weight excluding hydrogens is 427 g/mol. The minimum Gasteiger partial charge on any atom is -0.356 e. The van der Waals surface area contributed by atoms with Gasteiger partial charge in [-0.1, -0.05) is 26.0 Å². The van der Waals surface area contributed by atoms with Gasteiger partial charge in [0.25, 0.3) is 5.91 Å². The number of aliphatic imine (C=N–C) groups is 1. The fraction of sp³-hybridized carbons (Fsp3) is 0.579. The SMILES string of the molecule is CN=C(NCCc1cccc(C(=O)NC)c1)N1CC(C)(C)C1(C)C.I. The molecule has 25 heavy (non-hydrogen) atoms. The van der Waals surface area contributed by atoms with Gasteiger partial charge >= 0.3 is 0 Å². The summed E-state index contributed by atoms with van der Waals surface area (Å²) in [5, 5.41) is 6.11. The number of rotatable bonds is 4. The maximum absolute atomic E-state index is 11.7. The third-order valence-corrected chi connectivity index (χ3v) is 5.46. The summed E-state index contributed by atoms with van der Waals surface area (Å²) in [7, 11) is 3.48. The minimum atomic E-state index is -0.0508. The molecule has 0 saturated carbocycles. The highest BCUT2D eigenvalue weighted by molar-refractivity contribution is 14.0. The van der Waals surface area contributed by atoms with E-state index in [-0.39, 0.29) is 40.8 Å². The molecule has 0 bridgehead atoms. The van der Waals surface area contributed by atoms with Crippen LogP contribution in [0.15, 0.2) is 29.3 Å². The smallest absolute Gasteiger partial charge is 0.251 e. The number of amides is 1. The van der Waals surface area contributed by atoms with Crippen LogP contribution in [0.1, 0.15) is 43.6 Å². The van der Waals surface area contributed by atoms with Gasteiger partial charge in [0.15, 0.2) is 5.96 Å². The number of guanidine groups is 1. The van der Waals surface area contributed by atoms with Gasteiger partial charge in [0, 0.05) is 43.7 Å². The molecular formula is C19H31IN4O. The lowest BCUT2D eigenvalue weighted by molar-refractivity contribution is -0.0666. The van der Waals surface area contributed by atoms with Gasteiger partial charge in [-0.3, -0.25) is 9.79 Å². The molecule has 6 heteroatoms. The molecule has 2 N–H and O–H groups in total. The third-order valence-electron chi connectivity index (χ3n) is 5.46. The Kier molecular flexibility index (Phi) is 7.28. The summed E-state index contributed by atoms with van der Waals surface area (Å²) in [6.07, 6.45) is 0.849. The Balaban J connectivity index is 0.00000312. The number of halogens is 1. The second-order valence-corrected chi connectivity index (χ2v) is 7.53. The predicted octanol–water partition coefficient (Wildman–Crippen LogP) is 2.90. The normalized spacial score (nSPS) is 18.0. The molecule has 1 heterocycles. The Morgan fingerprint density at radius 2 is 1.96 bits per heavy atom. The number of likely N-dealkylation sites (tertiary alicyclic amines) is 1. The molecule has 1 saturated heterocycles. The van der Waals surface area contributed by atoms with Crippen molar-refractivity contribution in [2.75, 3.05) is 27.2 Å². The fourth-order valence-corrected chi connectivity index (χ4v) is 3.03. The molecule has 2 rings (SSSR count). The molecule has 0 radical (unpaired) electrons. The highest BCUT2D eigenvalue weighted by Crippen LogP contribution is 2.46. The van der Waals surface area contributed by atoms with Crippen molar-refractivity contribution < 1.29 is 4.79 Å². The molecule has 0 aliphatic carbocycles. The Bertz CT molecular complexity index is 640. The van der Waals surface area contributed by atoms with E-state index >= 15 is 0 Å². The van der Waals surface area contributed by atoms with Crippen LogP contribution >= 0.6 is 24.0 Å². The van der Waals surface area contributed by atoms with Crippen LogP contribution in [-0.2, 0) is 6.42 Å². The number of benzene rings is 1. The van der Waals surface area contributed by atoms with Gasteiger partial charge in [-0.25, -0.2) is 0 Å². The van der Waals surface area contributed by atoms with Crippen molar-refractivity contribution in [3.63, 3.8) is 0 Å². The summed E-state index contributed by atoms with van der Waals surface area (Å²) >= 11 is 0.